The Balaban J connectivity index is 1.44. The van der Waals surface area contributed by atoms with Crippen molar-refractivity contribution in [3.05, 3.63) is 57.2 Å². The number of aromatic nitrogens is 2. The summed E-state index contributed by atoms with van der Waals surface area (Å²) in [6, 6.07) is 7.17. The maximum absolute atomic E-state index is 13.9. The number of carbonyl (C=O) groups is 1. The van der Waals surface area contributed by atoms with Crippen molar-refractivity contribution in [3.63, 3.8) is 0 Å². The molecule has 1 aliphatic heterocycles. The lowest BCUT2D eigenvalue weighted by molar-refractivity contribution is 0.0718. The van der Waals surface area contributed by atoms with E-state index < -0.39 is 11.6 Å². The molecule has 0 unspecified atom stereocenters. The number of nitrogens with zero attached hydrogens (tertiary/aromatic N) is 3. The van der Waals surface area contributed by atoms with Crippen molar-refractivity contribution < 1.29 is 13.6 Å². The summed E-state index contributed by atoms with van der Waals surface area (Å²) in [5, 5.41) is 11.5. The van der Waals surface area contributed by atoms with Crippen molar-refractivity contribution in [3.8, 4) is 10.6 Å². The number of amides is 1. The van der Waals surface area contributed by atoms with Gasteiger partial charge in [0.25, 0.3) is 5.91 Å². The lowest BCUT2D eigenvalue weighted by atomic mass is 9.97. The van der Waals surface area contributed by atoms with Gasteiger partial charge in [-0.3, -0.25) is 4.79 Å². The fourth-order valence-electron chi connectivity index (χ4n) is 3.06. The van der Waals surface area contributed by atoms with Gasteiger partial charge in [0, 0.05) is 30.6 Å². The largest absolute Gasteiger partial charge is 0.338 e. The number of halogens is 2. The smallest absolute Gasteiger partial charge is 0.263 e. The summed E-state index contributed by atoms with van der Waals surface area (Å²) in [5.74, 6) is -0.968. The molecule has 2 aromatic heterocycles. The van der Waals surface area contributed by atoms with Crippen LogP contribution in [-0.2, 0) is 0 Å². The van der Waals surface area contributed by atoms with Gasteiger partial charge >= 0.3 is 0 Å². The minimum atomic E-state index is -0.635. The number of rotatable bonds is 3. The van der Waals surface area contributed by atoms with E-state index in [2.05, 4.69) is 10.2 Å². The fourth-order valence-corrected chi connectivity index (χ4v) is 4.79. The predicted octanol–water partition coefficient (Wildman–Crippen LogP) is 4.56. The van der Waals surface area contributed by atoms with Crippen LogP contribution in [0.1, 0.15) is 33.4 Å². The van der Waals surface area contributed by atoms with Gasteiger partial charge in [0.1, 0.15) is 16.6 Å². The van der Waals surface area contributed by atoms with Crippen molar-refractivity contribution in [2.45, 2.75) is 18.8 Å². The molecule has 3 heterocycles. The van der Waals surface area contributed by atoms with E-state index in [0.29, 0.717) is 18.1 Å². The predicted molar refractivity (Wildman–Crippen MR) is 97.5 cm³/mol. The minimum Gasteiger partial charge on any atom is -0.338 e. The molecule has 0 aliphatic carbocycles. The molecule has 1 saturated heterocycles. The molecule has 0 spiro atoms. The third kappa shape index (κ3) is 3.39. The van der Waals surface area contributed by atoms with Crippen molar-refractivity contribution in [2.24, 2.45) is 0 Å². The SMILES string of the molecule is O=C(c1cccs1)N1CCC(c2nnc(-c3ccc(F)cc3F)s2)CC1. The van der Waals surface area contributed by atoms with Crippen molar-refractivity contribution in [1.82, 2.24) is 15.1 Å². The molecule has 4 rings (SSSR count). The van der Waals surface area contributed by atoms with Crippen molar-refractivity contribution in [2.75, 3.05) is 13.1 Å². The highest BCUT2D eigenvalue weighted by atomic mass is 32.1. The van der Waals surface area contributed by atoms with Crippen LogP contribution in [0.15, 0.2) is 35.7 Å². The molecule has 0 atom stereocenters. The molecule has 1 amide bonds. The van der Waals surface area contributed by atoms with E-state index in [1.807, 2.05) is 22.4 Å². The summed E-state index contributed by atoms with van der Waals surface area (Å²) < 4.78 is 27.0. The summed E-state index contributed by atoms with van der Waals surface area (Å²) in [6.07, 6.45) is 1.61. The van der Waals surface area contributed by atoms with Crippen LogP contribution in [0.3, 0.4) is 0 Å². The third-order valence-electron chi connectivity index (χ3n) is 4.47. The molecule has 0 radical (unpaired) electrons. The average molecular weight is 391 g/mol. The van der Waals surface area contributed by atoms with Crippen LogP contribution in [0.2, 0.25) is 0 Å². The molecule has 0 N–H and O–H groups in total. The van der Waals surface area contributed by atoms with E-state index in [9.17, 15) is 13.6 Å². The first-order valence-corrected chi connectivity index (χ1v) is 9.93. The first kappa shape index (κ1) is 17.2. The third-order valence-corrected chi connectivity index (χ3v) is 6.44. The van der Waals surface area contributed by atoms with Crippen LogP contribution in [0.25, 0.3) is 10.6 Å². The zero-order chi connectivity index (χ0) is 18.1. The lowest BCUT2D eigenvalue weighted by Crippen LogP contribution is -2.37. The minimum absolute atomic E-state index is 0.0739. The highest BCUT2D eigenvalue weighted by Crippen LogP contribution is 2.34. The standard InChI is InChI=1S/C18H15F2N3OS2/c19-12-3-4-13(14(20)10-12)17-22-21-16(26-17)11-5-7-23(8-6-11)18(24)15-2-1-9-25-15/h1-4,9-11H,5-8H2. The molecule has 0 saturated carbocycles. The zero-order valence-corrected chi connectivity index (χ0v) is 15.3. The number of benzene rings is 1. The Morgan fingerprint density at radius 3 is 2.65 bits per heavy atom. The number of piperidine rings is 1. The molecule has 8 heteroatoms. The van der Waals surface area contributed by atoms with Gasteiger partial charge in [-0.05, 0) is 36.4 Å². The number of thiophene rings is 1. The number of hydrogen-bond donors (Lipinski definition) is 0. The van der Waals surface area contributed by atoms with Gasteiger partial charge in [-0.25, -0.2) is 8.78 Å². The Morgan fingerprint density at radius 1 is 1.15 bits per heavy atom. The molecule has 1 aromatic carbocycles. The van der Waals surface area contributed by atoms with Gasteiger partial charge in [0.2, 0.25) is 0 Å². The maximum Gasteiger partial charge on any atom is 0.263 e. The van der Waals surface area contributed by atoms with Gasteiger partial charge in [-0.15, -0.1) is 21.5 Å². The molecule has 26 heavy (non-hydrogen) atoms. The Morgan fingerprint density at radius 2 is 1.96 bits per heavy atom. The summed E-state index contributed by atoms with van der Waals surface area (Å²) in [4.78, 5) is 15.0. The van der Waals surface area contributed by atoms with E-state index in [-0.39, 0.29) is 17.4 Å². The van der Waals surface area contributed by atoms with E-state index in [1.54, 1.807) is 0 Å². The zero-order valence-electron chi connectivity index (χ0n) is 13.7. The lowest BCUT2D eigenvalue weighted by Gasteiger charge is -2.30. The van der Waals surface area contributed by atoms with Crippen LogP contribution < -0.4 is 0 Å². The van der Waals surface area contributed by atoms with Crippen molar-refractivity contribution in [1.29, 1.82) is 0 Å². The summed E-state index contributed by atoms with van der Waals surface area (Å²) in [5.41, 5.74) is 0.264. The molecular weight excluding hydrogens is 376 g/mol. The summed E-state index contributed by atoms with van der Waals surface area (Å²) in [6.45, 7) is 1.34. The van der Waals surface area contributed by atoms with E-state index in [4.69, 9.17) is 0 Å². The monoisotopic (exact) mass is 391 g/mol. The van der Waals surface area contributed by atoms with E-state index in [0.717, 1.165) is 28.8 Å². The Hall–Kier alpha value is -2.19. The van der Waals surface area contributed by atoms with Crippen LogP contribution in [-0.4, -0.2) is 34.1 Å². The Labute approximate surface area is 157 Å². The number of carbonyl (C=O) groups excluding carboxylic acids is 1. The summed E-state index contributed by atoms with van der Waals surface area (Å²) in [7, 11) is 0. The quantitative estimate of drug-likeness (QED) is 0.657. The van der Waals surface area contributed by atoms with Gasteiger partial charge in [0.15, 0.2) is 5.01 Å². The highest BCUT2D eigenvalue weighted by molar-refractivity contribution is 7.14. The molecular formula is C18H15F2N3OS2. The second-order valence-corrected chi connectivity index (χ2v) is 8.07. The molecule has 4 nitrogen and oxygen atoms in total. The second kappa shape index (κ2) is 7.20. The van der Waals surface area contributed by atoms with Gasteiger partial charge in [-0.2, -0.15) is 0 Å². The van der Waals surface area contributed by atoms with Gasteiger partial charge in [0.05, 0.1) is 4.88 Å². The topological polar surface area (TPSA) is 46.1 Å². The first-order valence-electron chi connectivity index (χ1n) is 8.23. The highest BCUT2D eigenvalue weighted by Gasteiger charge is 2.27. The van der Waals surface area contributed by atoms with E-state index >= 15 is 0 Å². The fraction of sp³-hybridized carbons (Fsp3) is 0.278. The molecule has 1 aliphatic rings. The van der Waals surface area contributed by atoms with E-state index in [1.165, 1.54) is 34.8 Å². The Bertz CT molecular complexity index is 918. The number of likely N-dealkylation sites (tertiary alicyclic amines) is 1. The second-order valence-electron chi connectivity index (χ2n) is 6.11. The molecule has 3 aromatic rings. The van der Waals surface area contributed by atoms with Gasteiger partial charge < -0.3 is 4.90 Å². The van der Waals surface area contributed by atoms with Gasteiger partial charge in [-0.1, -0.05) is 17.4 Å². The summed E-state index contributed by atoms with van der Waals surface area (Å²) >= 11 is 2.79. The van der Waals surface area contributed by atoms with Crippen molar-refractivity contribution >= 4 is 28.6 Å². The normalized spacial score (nSPS) is 15.4. The number of hydrogen-bond acceptors (Lipinski definition) is 5. The Kier molecular flexibility index (Phi) is 4.78. The average Bonchev–Trinajstić information content (AvgIpc) is 3.33. The molecule has 134 valence electrons. The van der Waals surface area contributed by atoms with Crippen LogP contribution in [0.5, 0.6) is 0 Å². The van der Waals surface area contributed by atoms with Crippen LogP contribution in [0.4, 0.5) is 8.78 Å². The molecule has 0 bridgehead atoms. The van der Waals surface area contributed by atoms with Crippen LogP contribution >= 0.6 is 22.7 Å². The van der Waals surface area contributed by atoms with Crippen LogP contribution in [0, 0.1) is 11.6 Å². The molecule has 1 fully saturated rings. The first-order chi connectivity index (χ1) is 12.6. The maximum atomic E-state index is 13.9.